The average Bonchev–Trinajstić information content (AvgIpc) is 3.39. The molecule has 1 aliphatic heterocycles. The average molecular weight is 398 g/mol. The number of aryl methyl sites for hydroxylation is 1. The van der Waals surface area contributed by atoms with Crippen LogP contribution < -0.4 is 15.4 Å². The maximum Gasteiger partial charge on any atom is 0.223 e. The van der Waals surface area contributed by atoms with Gasteiger partial charge in [0.2, 0.25) is 11.1 Å². The van der Waals surface area contributed by atoms with Gasteiger partial charge in [-0.05, 0) is 38.3 Å². The number of fused-ring (bicyclic) bond motifs is 3. The van der Waals surface area contributed by atoms with Crippen LogP contribution in [0.15, 0.2) is 24.5 Å². The van der Waals surface area contributed by atoms with Gasteiger partial charge in [-0.1, -0.05) is 17.4 Å². The number of nitrogens with two attached hydrogens (primary N) is 1. The molecule has 28 heavy (non-hydrogen) atoms. The maximum absolute atomic E-state index is 5.78. The molecule has 0 radical (unpaired) electrons. The van der Waals surface area contributed by atoms with E-state index in [9.17, 15) is 0 Å². The minimum Gasteiger partial charge on any atom is -0.494 e. The van der Waals surface area contributed by atoms with Crippen molar-refractivity contribution in [3.05, 3.63) is 29.5 Å². The molecule has 0 saturated carbocycles. The van der Waals surface area contributed by atoms with Crippen molar-refractivity contribution < 1.29 is 4.74 Å². The topological polar surface area (TPSA) is 107 Å². The molecular weight excluding hydrogens is 376 g/mol. The predicted octanol–water partition coefficient (Wildman–Crippen LogP) is 2.71. The summed E-state index contributed by atoms with van der Waals surface area (Å²) in [7, 11) is 1.60. The molecule has 0 spiro atoms. The van der Waals surface area contributed by atoms with E-state index in [1.165, 1.54) is 30.1 Å². The fourth-order valence-electron chi connectivity index (χ4n) is 3.24. The summed E-state index contributed by atoms with van der Waals surface area (Å²) in [6.45, 7) is 4.33. The van der Waals surface area contributed by atoms with Crippen molar-refractivity contribution in [1.29, 1.82) is 0 Å². The summed E-state index contributed by atoms with van der Waals surface area (Å²) in [5.74, 6) is 0.971. The third-order valence-electron chi connectivity index (χ3n) is 4.59. The number of anilines is 2. The molecule has 5 rings (SSSR count). The van der Waals surface area contributed by atoms with E-state index in [-0.39, 0.29) is 0 Å². The smallest absolute Gasteiger partial charge is 0.223 e. The van der Waals surface area contributed by atoms with Gasteiger partial charge in [-0.3, -0.25) is 0 Å². The molecule has 2 N–H and O–H groups in total. The highest BCUT2D eigenvalue weighted by atomic mass is 32.1. The molecule has 1 saturated heterocycles. The molecule has 1 fully saturated rings. The largest absolute Gasteiger partial charge is 0.494 e. The van der Waals surface area contributed by atoms with Crippen LogP contribution in [0.25, 0.3) is 16.6 Å². The second kappa shape index (κ2) is 7.93. The fourth-order valence-corrected chi connectivity index (χ4v) is 3.98. The molecule has 10 heteroatoms. The molecule has 1 aromatic carbocycles. The van der Waals surface area contributed by atoms with Crippen LogP contribution in [-0.2, 0) is 0 Å². The molecule has 0 unspecified atom stereocenters. The first kappa shape index (κ1) is 18.4. The van der Waals surface area contributed by atoms with Crippen LogP contribution in [0.5, 0.6) is 5.75 Å². The fraction of sp³-hybridized carbons (Fsp3) is 0.389. The third-order valence-corrected chi connectivity index (χ3v) is 5.49. The van der Waals surface area contributed by atoms with Crippen LogP contribution in [0.2, 0.25) is 0 Å². The van der Waals surface area contributed by atoms with Crippen LogP contribution in [0.4, 0.5) is 11.1 Å². The summed E-state index contributed by atoms with van der Waals surface area (Å²) < 4.78 is 6.73. The molecule has 1 aliphatic rings. The van der Waals surface area contributed by atoms with Crippen LogP contribution in [-0.4, -0.2) is 50.0 Å². The molecule has 9 nitrogen and oxygen atoms in total. The Kier molecular flexibility index (Phi) is 5.20. The van der Waals surface area contributed by atoms with E-state index in [1.54, 1.807) is 18.4 Å². The Morgan fingerprint density at radius 2 is 1.96 bits per heavy atom. The van der Waals surface area contributed by atoms with E-state index in [4.69, 9.17) is 10.5 Å². The number of ether oxygens (including phenoxy) is 1. The van der Waals surface area contributed by atoms with Crippen LogP contribution in [0, 0.1) is 6.92 Å². The van der Waals surface area contributed by atoms with E-state index in [0.29, 0.717) is 22.9 Å². The lowest BCUT2D eigenvalue weighted by molar-refractivity contribution is 0.419. The SMILES string of the molecule is COc1cccc2c1nc(N)n1ncnc21.Cc1nnc(N2CCCCC2)s1. The molecule has 0 amide bonds. The Hall–Kier alpha value is -3.01. The van der Waals surface area contributed by atoms with Gasteiger partial charge in [0.05, 0.1) is 7.11 Å². The Balaban J connectivity index is 0.000000143. The van der Waals surface area contributed by atoms with E-state index >= 15 is 0 Å². The predicted molar refractivity (Wildman–Crippen MR) is 110 cm³/mol. The highest BCUT2D eigenvalue weighted by molar-refractivity contribution is 7.15. The highest BCUT2D eigenvalue weighted by Gasteiger charge is 2.14. The molecule has 146 valence electrons. The minimum atomic E-state index is 0.296. The maximum atomic E-state index is 5.78. The second-order valence-corrected chi connectivity index (χ2v) is 7.63. The van der Waals surface area contributed by atoms with Crippen molar-refractivity contribution in [3.63, 3.8) is 0 Å². The number of para-hydroxylation sites is 1. The van der Waals surface area contributed by atoms with Crippen molar-refractivity contribution >= 4 is 39.0 Å². The summed E-state index contributed by atoms with van der Waals surface area (Å²) in [6.07, 6.45) is 5.43. The van der Waals surface area contributed by atoms with Gasteiger partial charge < -0.3 is 15.4 Å². The summed E-state index contributed by atoms with van der Waals surface area (Å²) >= 11 is 1.70. The zero-order valence-electron chi connectivity index (χ0n) is 15.9. The number of rotatable bonds is 2. The van der Waals surface area contributed by atoms with Gasteiger partial charge in [0.25, 0.3) is 0 Å². The number of nitrogen functional groups attached to an aromatic ring is 1. The molecule has 4 heterocycles. The summed E-state index contributed by atoms with van der Waals surface area (Å²) in [6, 6.07) is 5.63. The number of piperidine rings is 1. The van der Waals surface area contributed by atoms with Gasteiger partial charge in [-0.15, -0.1) is 10.2 Å². The quantitative estimate of drug-likeness (QED) is 0.549. The third kappa shape index (κ3) is 3.55. The van der Waals surface area contributed by atoms with E-state index in [2.05, 4.69) is 30.2 Å². The lowest BCUT2D eigenvalue weighted by atomic mass is 10.1. The minimum absolute atomic E-state index is 0.296. The molecule has 0 aliphatic carbocycles. The van der Waals surface area contributed by atoms with E-state index < -0.39 is 0 Å². The summed E-state index contributed by atoms with van der Waals surface area (Å²) in [4.78, 5) is 10.8. The van der Waals surface area contributed by atoms with Crippen LogP contribution >= 0.6 is 11.3 Å². The van der Waals surface area contributed by atoms with Crippen LogP contribution in [0.1, 0.15) is 24.3 Å². The molecule has 0 bridgehead atoms. The number of hydrogen-bond acceptors (Lipinski definition) is 9. The lowest BCUT2D eigenvalue weighted by Gasteiger charge is -2.25. The number of methoxy groups -OCH3 is 1. The van der Waals surface area contributed by atoms with Crippen LogP contribution in [0.3, 0.4) is 0 Å². The van der Waals surface area contributed by atoms with Crippen molar-refractivity contribution in [3.8, 4) is 5.75 Å². The first-order valence-electron chi connectivity index (χ1n) is 9.14. The zero-order chi connectivity index (χ0) is 19.5. The van der Waals surface area contributed by atoms with Gasteiger partial charge in [0, 0.05) is 18.5 Å². The molecular formula is C18H22N8OS. The van der Waals surface area contributed by atoms with Gasteiger partial charge in [-0.25, -0.2) is 9.97 Å². The Bertz CT molecular complexity index is 1090. The van der Waals surface area contributed by atoms with Crippen molar-refractivity contribution in [1.82, 2.24) is 29.8 Å². The highest BCUT2D eigenvalue weighted by Crippen LogP contribution is 2.26. The Morgan fingerprint density at radius 1 is 1.14 bits per heavy atom. The summed E-state index contributed by atoms with van der Waals surface area (Å²) in [5.41, 5.74) is 7.16. The second-order valence-electron chi connectivity index (χ2n) is 6.47. The normalized spacial score (nSPS) is 14.1. The number of hydrogen-bond donors (Lipinski definition) is 1. The monoisotopic (exact) mass is 398 g/mol. The summed E-state index contributed by atoms with van der Waals surface area (Å²) in [5, 5.41) is 15.2. The van der Waals surface area contributed by atoms with Gasteiger partial charge in [-0.2, -0.15) is 9.61 Å². The molecule has 4 aromatic rings. The first-order valence-corrected chi connectivity index (χ1v) is 9.96. The molecule has 0 atom stereocenters. The number of benzene rings is 1. The standard InChI is InChI=1S/C10H9N5O.C8H13N3S/c1-16-7-4-2-3-6-8(7)14-10(11)15-9(6)12-5-13-15;1-7-9-10-8(12-7)11-5-3-2-4-6-11/h2-5H,1H3,(H2,11,14);2-6H2,1H3. The number of nitrogens with zero attached hydrogens (tertiary/aromatic N) is 7. The first-order chi connectivity index (χ1) is 13.7. The van der Waals surface area contributed by atoms with Gasteiger partial charge >= 0.3 is 0 Å². The number of aromatic nitrogens is 6. The molecule has 3 aromatic heterocycles. The Morgan fingerprint density at radius 3 is 2.68 bits per heavy atom. The van der Waals surface area contributed by atoms with Crippen molar-refractivity contribution in [2.75, 3.05) is 30.8 Å². The van der Waals surface area contributed by atoms with E-state index in [0.717, 1.165) is 28.6 Å². The van der Waals surface area contributed by atoms with Crippen molar-refractivity contribution in [2.24, 2.45) is 0 Å². The van der Waals surface area contributed by atoms with Gasteiger partial charge in [0.15, 0.2) is 5.65 Å². The zero-order valence-corrected chi connectivity index (χ0v) is 16.7. The lowest BCUT2D eigenvalue weighted by Crippen LogP contribution is -2.29. The van der Waals surface area contributed by atoms with Crippen molar-refractivity contribution in [2.45, 2.75) is 26.2 Å². The van der Waals surface area contributed by atoms with E-state index in [1.807, 2.05) is 25.1 Å². The van der Waals surface area contributed by atoms with Gasteiger partial charge in [0.1, 0.15) is 22.6 Å². The Labute approximate surface area is 166 Å².